The molecule has 4 heteroatoms. The Morgan fingerprint density at radius 1 is 1.08 bits per heavy atom. The van der Waals surface area contributed by atoms with E-state index >= 15 is 0 Å². The summed E-state index contributed by atoms with van der Waals surface area (Å²) in [5.41, 5.74) is 3.81. The van der Waals surface area contributed by atoms with E-state index in [0.717, 1.165) is 37.2 Å². The summed E-state index contributed by atoms with van der Waals surface area (Å²) in [6.07, 6.45) is 1.76. The fraction of sp³-hybridized carbons (Fsp3) is 0.429. The molecule has 1 unspecified atom stereocenters. The molecule has 0 saturated carbocycles. The molecule has 1 aliphatic heterocycles. The Bertz CT molecular complexity index is 674. The number of β-amino-alcohol motifs (C(OH)–C–C–N with tert-alkyl or cyclic N) is 1. The van der Waals surface area contributed by atoms with Crippen LogP contribution in [0.4, 0.5) is 0 Å². The third-order valence-electron chi connectivity index (χ3n) is 4.66. The van der Waals surface area contributed by atoms with Crippen molar-refractivity contribution in [1.82, 2.24) is 4.90 Å². The van der Waals surface area contributed by atoms with Crippen molar-refractivity contribution >= 4 is 0 Å². The largest absolute Gasteiger partial charge is 0.496 e. The van der Waals surface area contributed by atoms with Gasteiger partial charge >= 0.3 is 0 Å². The van der Waals surface area contributed by atoms with Crippen LogP contribution < -0.4 is 4.74 Å². The number of hydrogen-bond donors (Lipinski definition) is 1. The van der Waals surface area contributed by atoms with Gasteiger partial charge < -0.3 is 14.6 Å². The van der Waals surface area contributed by atoms with Crippen molar-refractivity contribution in [3.05, 3.63) is 65.2 Å². The third kappa shape index (κ3) is 5.05. The van der Waals surface area contributed by atoms with Gasteiger partial charge in [-0.2, -0.15) is 0 Å². The summed E-state index contributed by atoms with van der Waals surface area (Å²) >= 11 is 0. The second kappa shape index (κ2) is 8.99. The highest BCUT2D eigenvalue weighted by Gasteiger charge is 2.17. The Hall–Kier alpha value is -1.88. The fourth-order valence-electron chi connectivity index (χ4n) is 3.40. The van der Waals surface area contributed by atoms with Crippen molar-refractivity contribution in [2.24, 2.45) is 0 Å². The molecule has 0 aliphatic carbocycles. The van der Waals surface area contributed by atoms with Crippen LogP contribution in [0.3, 0.4) is 0 Å². The lowest BCUT2D eigenvalue weighted by molar-refractivity contribution is 0.00832. The van der Waals surface area contributed by atoms with E-state index in [2.05, 4.69) is 29.2 Å². The smallest absolute Gasteiger partial charge is 0.124 e. The lowest BCUT2D eigenvalue weighted by atomic mass is 10.0. The van der Waals surface area contributed by atoms with Crippen molar-refractivity contribution in [2.45, 2.75) is 32.1 Å². The van der Waals surface area contributed by atoms with Gasteiger partial charge in [0.25, 0.3) is 0 Å². The first kappa shape index (κ1) is 17.9. The molecule has 2 aromatic carbocycles. The Morgan fingerprint density at radius 2 is 1.84 bits per heavy atom. The number of nitrogens with zero attached hydrogens (tertiary/aromatic N) is 1. The Balaban J connectivity index is 1.47. The van der Waals surface area contributed by atoms with E-state index in [1.165, 1.54) is 11.1 Å². The second-order valence-corrected chi connectivity index (χ2v) is 6.59. The standard InChI is InChI=1S/C21H27NO3/c1-24-21-11-5-4-9-19(21)15-25-16-20(23)14-22-12-6-10-17-7-2-3-8-18(17)13-22/h2-5,7-9,11,20,23H,6,10,12-16H2,1H3. The van der Waals surface area contributed by atoms with E-state index < -0.39 is 6.10 Å². The Labute approximate surface area is 150 Å². The number of para-hydroxylation sites is 1. The zero-order chi connectivity index (χ0) is 17.5. The van der Waals surface area contributed by atoms with Crippen LogP contribution in [-0.4, -0.2) is 42.9 Å². The van der Waals surface area contributed by atoms with Crippen LogP contribution >= 0.6 is 0 Å². The van der Waals surface area contributed by atoms with Gasteiger partial charge in [-0.3, -0.25) is 4.90 Å². The van der Waals surface area contributed by atoms with Gasteiger partial charge in [-0.1, -0.05) is 42.5 Å². The minimum Gasteiger partial charge on any atom is -0.496 e. The quantitative estimate of drug-likeness (QED) is 0.841. The summed E-state index contributed by atoms with van der Waals surface area (Å²) in [6, 6.07) is 16.4. The maximum atomic E-state index is 10.3. The number of ether oxygens (including phenoxy) is 2. The van der Waals surface area contributed by atoms with Crippen LogP contribution in [0, 0.1) is 0 Å². The number of benzene rings is 2. The second-order valence-electron chi connectivity index (χ2n) is 6.59. The molecule has 1 aliphatic rings. The molecule has 25 heavy (non-hydrogen) atoms. The summed E-state index contributed by atoms with van der Waals surface area (Å²) in [5.74, 6) is 0.820. The highest BCUT2D eigenvalue weighted by atomic mass is 16.5. The van der Waals surface area contributed by atoms with E-state index in [0.29, 0.717) is 19.8 Å². The molecule has 134 valence electrons. The first-order chi connectivity index (χ1) is 12.3. The first-order valence-corrected chi connectivity index (χ1v) is 8.93. The molecule has 1 N–H and O–H groups in total. The predicted molar refractivity (Wildman–Crippen MR) is 98.7 cm³/mol. The van der Waals surface area contributed by atoms with Crippen LogP contribution in [0.25, 0.3) is 0 Å². The molecule has 0 fully saturated rings. The topological polar surface area (TPSA) is 41.9 Å². The zero-order valence-electron chi connectivity index (χ0n) is 14.9. The molecule has 0 aromatic heterocycles. The summed E-state index contributed by atoms with van der Waals surface area (Å²) in [5, 5.41) is 10.3. The highest BCUT2D eigenvalue weighted by Crippen LogP contribution is 2.19. The lowest BCUT2D eigenvalue weighted by Gasteiger charge is -2.23. The summed E-state index contributed by atoms with van der Waals surface area (Å²) in [7, 11) is 1.66. The lowest BCUT2D eigenvalue weighted by Crippen LogP contribution is -2.34. The van der Waals surface area contributed by atoms with Crippen LogP contribution in [0.2, 0.25) is 0 Å². The monoisotopic (exact) mass is 341 g/mol. The SMILES string of the molecule is COc1ccccc1COCC(O)CN1CCCc2ccccc2C1. The minimum absolute atomic E-state index is 0.330. The highest BCUT2D eigenvalue weighted by molar-refractivity contribution is 5.32. The number of aryl methyl sites for hydroxylation is 1. The Kier molecular flexibility index (Phi) is 6.45. The molecule has 4 nitrogen and oxygen atoms in total. The summed E-state index contributed by atoms with van der Waals surface area (Å²) < 4.78 is 11.0. The average Bonchev–Trinajstić information content (AvgIpc) is 2.83. The van der Waals surface area contributed by atoms with Crippen molar-refractivity contribution in [1.29, 1.82) is 0 Å². The maximum absolute atomic E-state index is 10.3. The molecule has 1 atom stereocenters. The molecule has 0 bridgehead atoms. The first-order valence-electron chi connectivity index (χ1n) is 8.93. The summed E-state index contributed by atoms with van der Waals surface area (Å²) in [4.78, 5) is 2.32. The van der Waals surface area contributed by atoms with E-state index in [1.807, 2.05) is 24.3 Å². The minimum atomic E-state index is -0.486. The molecule has 0 amide bonds. The van der Waals surface area contributed by atoms with E-state index in [-0.39, 0.29) is 0 Å². The van der Waals surface area contributed by atoms with Crippen molar-refractivity contribution in [3.63, 3.8) is 0 Å². The van der Waals surface area contributed by atoms with Crippen molar-refractivity contribution in [2.75, 3.05) is 26.8 Å². The normalized spacial score (nSPS) is 16.1. The molecular formula is C21H27NO3. The van der Waals surface area contributed by atoms with E-state index in [9.17, 15) is 5.11 Å². The van der Waals surface area contributed by atoms with E-state index in [1.54, 1.807) is 7.11 Å². The van der Waals surface area contributed by atoms with E-state index in [4.69, 9.17) is 9.47 Å². The number of fused-ring (bicyclic) bond motifs is 1. The van der Waals surface area contributed by atoms with Gasteiger partial charge in [0.05, 0.1) is 26.4 Å². The fourth-order valence-corrected chi connectivity index (χ4v) is 3.40. The average molecular weight is 341 g/mol. The zero-order valence-corrected chi connectivity index (χ0v) is 14.9. The van der Waals surface area contributed by atoms with Crippen LogP contribution in [0.15, 0.2) is 48.5 Å². The van der Waals surface area contributed by atoms with Crippen LogP contribution in [-0.2, 0) is 24.3 Å². The molecule has 3 rings (SSSR count). The number of methoxy groups -OCH3 is 1. The Morgan fingerprint density at radius 3 is 2.68 bits per heavy atom. The van der Waals surface area contributed by atoms with Gasteiger partial charge in [0.2, 0.25) is 0 Å². The maximum Gasteiger partial charge on any atom is 0.124 e. The molecule has 1 heterocycles. The molecule has 0 radical (unpaired) electrons. The molecule has 2 aromatic rings. The van der Waals surface area contributed by atoms with Gasteiger partial charge in [-0.25, -0.2) is 0 Å². The number of aliphatic hydroxyl groups is 1. The number of hydrogen-bond acceptors (Lipinski definition) is 4. The number of rotatable bonds is 7. The third-order valence-corrected chi connectivity index (χ3v) is 4.66. The molecule has 0 spiro atoms. The van der Waals surface area contributed by atoms with Crippen molar-refractivity contribution < 1.29 is 14.6 Å². The van der Waals surface area contributed by atoms with Crippen LogP contribution in [0.5, 0.6) is 5.75 Å². The van der Waals surface area contributed by atoms with Crippen LogP contribution in [0.1, 0.15) is 23.1 Å². The predicted octanol–water partition coefficient (Wildman–Crippen LogP) is 3.02. The molecule has 0 saturated heterocycles. The van der Waals surface area contributed by atoms with Gasteiger partial charge in [-0.05, 0) is 36.6 Å². The summed E-state index contributed by atoms with van der Waals surface area (Å²) in [6.45, 7) is 3.33. The van der Waals surface area contributed by atoms with Gasteiger partial charge in [0.15, 0.2) is 0 Å². The van der Waals surface area contributed by atoms with Gasteiger partial charge in [-0.15, -0.1) is 0 Å². The van der Waals surface area contributed by atoms with Gasteiger partial charge in [0, 0.05) is 18.7 Å². The van der Waals surface area contributed by atoms with Gasteiger partial charge in [0.1, 0.15) is 5.75 Å². The van der Waals surface area contributed by atoms with Crippen molar-refractivity contribution in [3.8, 4) is 5.75 Å². The molecular weight excluding hydrogens is 314 g/mol. The number of aliphatic hydroxyl groups excluding tert-OH is 1.